The number of carbonyl (C=O) groups excluding carboxylic acids is 1. The molecule has 0 bridgehead atoms. The van der Waals surface area contributed by atoms with Crippen LogP contribution in [0.15, 0.2) is 78.9 Å². The van der Waals surface area contributed by atoms with Crippen molar-refractivity contribution in [1.82, 2.24) is 14.9 Å². The van der Waals surface area contributed by atoms with Gasteiger partial charge in [0.25, 0.3) is 5.91 Å². The van der Waals surface area contributed by atoms with Crippen LogP contribution in [0.3, 0.4) is 0 Å². The molecule has 1 aliphatic carbocycles. The van der Waals surface area contributed by atoms with Crippen LogP contribution in [-0.2, 0) is 12.1 Å². The zero-order valence-corrected chi connectivity index (χ0v) is 18.3. The standard InChI is InChI=1S/C27H24N4O2/c1-2-31-23-17-19(24(32)30-26(18-28)15-16-26)13-14-22(23)29-25(31)27(33,20-9-5-3-6-10-20)21-11-7-4-8-12-21/h3-14,17,33H,2,15-16H2,1H3,(H,30,32). The summed E-state index contributed by atoms with van der Waals surface area (Å²) in [5.41, 5.74) is 1.13. The van der Waals surface area contributed by atoms with Gasteiger partial charge in [-0.2, -0.15) is 5.26 Å². The van der Waals surface area contributed by atoms with E-state index >= 15 is 0 Å². The zero-order valence-electron chi connectivity index (χ0n) is 18.3. The predicted molar refractivity (Wildman–Crippen MR) is 125 cm³/mol. The van der Waals surface area contributed by atoms with Crippen molar-refractivity contribution >= 4 is 16.9 Å². The molecule has 3 aromatic carbocycles. The van der Waals surface area contributed by atoms with E-state index < -0.39 is 11.1 Å². The summed E-state index contributed by atoms with van der Waals surface area (Å²) in [6.45, 7) is 2.55. The molecule has 0 spiro atoms. The molecule has 1 fully saturated rings. The Morgan fingerprint density at radius 1 is 1.09 bits per heavy atom. The smallest absolute Gasteiger partial charge is 0.252 e. The number of nitrogens with zero attached hydrogens (tertiary/aromatic N) is 3. The first-order valence-electron chi connectivity index (χ1n) is 11.1. The molecular formula is C27H24N4O2. The fourth-order valence-corrected chi connectivity index (χ4v) is 4.32. The van der Waals surface area contributed by atoms with E-state index in [4.69, 9.17) is 4.98 Å². The Kier molecular flexibility index (Phi) is 4.99. The maximum absolute atomic E-state index is 12.8. The van der Waals surface area contributed by atoms with Gasteiger partial charge in [-0.1, -0.05) is 60.7 Å². The first kappa shape index (κ1) is 20.9. The summed E-state index contributed by atoms with van der Waals surface area (Å²) in [6.07, 6.45) is 1.35. The van der Waals surface area contributed by atoms with E-state index in [2.05, 4.69) is 11.4 Å². The van der Waals surface area contributed by atoms with Crippen molar-refractivity contribution in [2.24, 2.45) is 0 Å². The third-order valence-corrected chi connectivity index (χ3v) is 6.35. The van der Waals surface area contributed by atoms with E-state index in [1.807, 2.05) is 72.2 Å². The van der Waals surface area contributed by atoms with Crippen LogP contribution in [0.5, 0.6) is 0 Å². The topological polar surface area (TPSA) is 90.9 Å². The van der Waals surface area contributed by atoms with Gasteiger partial charge in [-0.05, 0) is 49.1 Å². The third kappa shape index (κ3) is 3.47. The summed E-state index contributed by atoms with van der Waals surface area (Å²) >= 11 is 0. The molecule has 4 aromatic rings. The Bertz CT molecular complexity index is 1330. The van der Waals surface area contributed by atoms with Gasteiger partial charge < -0.3 is 15.0 Å². The number of fused-ring (bicyclic) bond motifs is 1. The minimum absolute atomic E-state index is 0.275. The highest BCUT2D eigenvalue weighted by molar-refractivity contribution is 5.98. The number of rotatable bonds is 6. The molecule has 1 aliphatic rings. The van der Waals surface area contributed by atoms with Crippen LogP contribution in [0.4, 0.5) is 0 Å². The van der Waals surface area contributed by atoms with E-state index in [-0.39, 0.29) is 5.91 Å². The van der Waals surface area contributed by atoms with Crippen LogP contribution in [-0.4, -0.2) is 26.1 Å². The molecule has 0 radical (unpaired) electrons. The number of nitrogens with one attached hydrogen (secondary N) is 1. The molecule has 0 saturated heterocycles. The Labute approximate surface area is 192 Å². The number of aromatic nitrogens is 2. The predicted octanol–water partition coefficient (Wildman–Crippen LogP) is 4.13. The fraction of sp³-hybridized carbons (Fsp3) is 0.222. The van der Waals surface area contributed by atoms with E-state index in [1.54, 1.807) is 18.2 Å². The van der Waals surface area contributed by atoms with Gasteiger partial charge in [-0.25, -0.2) is 4.98 Å². The van der Waals surface area contributed by atoms with E-state index in [0.29, 0.717) is 47.4 Å². The van der Waals surface area contributed by atoms with Crippen LogP contribution >= 0.6 is 0 Å². The molecule has 6 heteroatoms. The van der Waals surface area contributed by atoms with Gasteiger partial charge in [0.05, 0.1) is 17.1 Å². The molecule has 6 nitrogen and oxygen atoms in total. The van der Waals surface area contributed by atoms with Crippen LogP contribution < -0.4 is 5.32 Å². The first-order valence-corrected chi connectivity index (χ1v) is 11.1. The number of imidazole rings is 1. The lowest BCUT2D eigenvalue weighted by Crippen LogP contribution is -2.35. The van der Waals surface area contributed by atoms with Gasteiger partial charge >= 0.3 is 0 Å². The molecule has 164 valence electrons. The molecule has 1 saturated carbocycles. The van der Waals surface area contributed by atoms with Gasteiger partial charge in [0.1, 0.15) is 5.54 Å². The second kappa shape index (κ2) is 7.88. The molecule has 1 amide bonds. The quantitative estimate of drug-likeness (QED) is 0.476. The van der Waals surface area contributed by atoms with Crippen molar-refractivity contribution in [3.8, 4) is 6.07 Å². The van der Waals surface area contributed by atoms with Crippen molar-refractivity contribution in [1.29, 1.82) is 5.26 Å². The maximum Gasteiger partial charge on any atom is 0.252 e. The molecule has 5 rings (SSSR count). The average Bonchev–Trinajstić information content (AvgIpc) is 3.54. The van der Waals surface area contributed by atoms with Gasteiger partial charge in [0, 0.05) is 12.1 Å². The van der Waals surface area contributed by atoms with Crippen LogP contribution in [0.1, 0.15) is 47.1 Å². The van der Waals surface area contributed by atoms with Crippen molar-refractivity contribution in [2.45, 2.75) is 37.5 Å². The Morgan fingerprint density at radius 2 is 1.70 bits per heavy atom. The second-order valence-corrected chi connectivity index (χ2v) is 8.47. The van der Waals surface area contributed by atoms with Crippen molar-refractivity contribution in [3.05, 3.63) is 101 Å². The Morgan fingerprint density at radius 3 is 2.21 bits per heavy atom. The average molecular weight is 437 g/mol. The normalized spacial score (nSPS) is 14.6. The van der Waals surface area contributed by atoms with Crippen molar-refractivity contribution < 1.29 is 9.90 Å². The lowest BCUT2D eigenvalue weighted by molar-refractivity contribution is 0.0941. The number of hydrogen-bond donors (Lipinski definition) is 2. The van der Waals surface area contributed by atoms with Crippen molar-refractivity contribution in [3.63, 3.8) is 0 Å². The number of hydrogen-bond acceptors (Lipinski definition) is 4. The summed E-state index contributed by atoms with van der Waals surface area (Å²) in [5.74, 6) is 0.216. The highest BCUT2D eigenvalue weighted by atomic mass is 16.3. The molecule has 1 aromatic heterocycles. The van der Waals surface area contributed by atoms with E-state index in [1.165, 1.54) is 0 Å². The highest BCUT2D eigenvalue weighted by Gasteiger charge is 2.45. The molecular weight excluding hydrogens is 412 g/mol. The summed E-state index contributed by atoms with van der Waals surface area (Å²) < 4.78 is 1.95. The first-order chi connectivity index (χ1) is 16.0. The Hall–Kier alpha value is -3.95. The van der Waals surface area contributed by atoms with Crippen LogP contribution in [0.25, 0.3) is 11.0 Å². The lowest BCUT2D eigenvalue weighted by Gasteiger charge is -2.29. The van der Waals surface area contributed by atoms with Crippen LogP contribution in [0, 0.1) is 11.3 Å². The number of aryl methyl sites for hydroxylation is 1. The number of amides is 1. The highest BCUT2D eigenvalue weighted by Crippen LogP contribution is 2.38. The maximum atomic E-state index is 12.8. The molecule has 2 N–H and O–H groups in total. The summed E-state index contributed by atoms with van der Waals surface area (Å²) in [5, 5.41) is 24.4. The van der Waals surface area contributed by atoms with Crippen LogP contribution in [0.2, 0.25) is 0 Å². The SMILES string of the molecule is CCn1c(C(O)(c2ccccc2)c2ccccc2)nc2ccc(C(=O)NC3(C#N)CC3)cc21. The van der Waals surface area contributed by atoms with E-state index in [9.17, 15) is 15.2 Å². The van der Waals surface area contributed by atoms with E-state index in [0.717, 1.165) is 5.52 Å². The monoisotopic (exact) mass is 436 g/mol. The summed E-state index contributed by atoms with van der Waals surface area (Å²) in [6, 6.07) is 26.5. The largest absolute Gasteiger partial charge is 0.373 e. The van der Waals surface area contributed by atoms with Gasteiger partial charge in [-0.15, -0.1) is 0 Å². The molecule has 1 heterocycles. The molecule has 0 atom stereocenters. The fourth-order valence-electron chi connectivity index (χ4n) is 4.32. The van der Waals surface area contributed by atoms with Gasteiger partial charge in [0.15, 0.2) is 11.4 Å². The molecule has 0 aliphatic heterocycles. The summed E-state index contributed by atoms with van der Waals surface area (Å²) in [7, 11) is 0. The minimum Gasteiger partial charge on any atom is -0.373 e. The van der Waals surface area contributed by atoms with Gasteiger partial charge in [-0.3, -0.25) is 4.79 Å². The van der Waals surface area contributed by atoms with Gasteiger partial charge in [0.2, 0.25) is 0 Å². The molecule has 33 heavy (non-hydrogen) atoms. The lowest BCUT2D eigenvalue weighted by atomic mass is 9.85. The number of nitriles is 1. The summed E-state index contributed by atoms with van der Waals surface area (Å²) in [4.78, 5) is 17.6. The zero-order chi connectivity index (χ0) is 23.1. The molecule has 0 unspecified atom stereocenters. The second-order valence-electron chi connectivity index (χ2n) is 8.47. The Balaban J connectivity index is 1.67. The number of carbonyl (C=O) groups is 1. The minimum atomic E-state index is -1.47. The number of benzene rings is 3. The number of aliphatic hydroxyl groups is 1. The van der Waals surface area contributed by atoms with Crippen molar-refractivity contribution in [2.75, 3.05) is 0 Å². The third-order valence-electron chi connectivity index (χ3n) is 6.35.